The highest BCUT2D eigenvalue weighted by Crippen LogP contribution is 2.34. The number of hydrogen-bond acceptors (Lipinski definition) is 6. The van der Waals surface area contributed by atoms with Gasteiger partial charge in [-0.3, -0.25) is 0 Å². The van der Waals surface area contributed by atoms with Gasteiger partial charge in [0, 0.05) is 17.5 Å². The molecule has 1 atom stereocenters. The first kappa shape index (κ1) is 15.1. The third-order valence-electron chi connectivity index (χ3n) is 3.63. The summed E-state index contributed by atoms with van der Waals surface area (Å²) in [4.78, 5) is 4.55. The average Bonchev–Trinajstić information content (AvgIpc) is 3.01. The number of nitrogens with one attached hydrogen (secondary N) is 1. The van der Waals surface area contributed by atoms with E-state index >= 15 is 0 Å². The number of benzene rings is 1. The number of anilines is 1. The van der Waals surface area contributed by atoms with Crippen LogP contribution in [0, 0.1) is 0 Å². The molecule has 3 rings (SSSR count). The van der Waals surface area contributed by atoms with Crippen molar-refractivity contribution < 1.29 is 9.47 Å². The number of ether oxygens (including phenoxy) is 2. The molecule has 1 aliphatic rings. The Balaban J connectivity index is 1.78. The zero-order valence-electron chi connectivity index (χ0n) is 13.1. The van der Waals surface area contributed by atoms with Gasteiger partial charge in [0.05, 0.1) is 6.04 Å². The van der Waals surface area contributed by atoms with E-state index in [1.54, 1.807) is 0 Å². The smallest absolute Gasteiger partial charge is 0.203 e. The van der Waals surface area contributed by atoms with E-state index in [0.29, 0.717) is 19.1 Å². The van der Waals surface area contributed by atoms with Crippen LogP contribution in [0.25, 0.3) is 0 Å². The third kappa shape index (κ3) is 3.16. The average molecular weight is 319 g/mol. The van der Waals surface area contributed by atoms with Gasteiger partial charge >= 0.3 is 0 Å². The van der Waals surface area contributed by atoms with Gasteiger partial charge in [-0.25, -0.2) is 4.98 Å². The molecule has 0 amide bonds. The van der Waals surface area contributed by atoms with Gasteiger partial charge in [0.15, 0.2) is 11.5 Å². The van der Waals surface area contributed by atoms with Crippen molar-refractivity contribution >= 4 is 16.7 Å². The molecule has 0 spiro atoms. The Morgan fingerprint density at radius 3 is 2.68 bits per heavy atom. The van der Waals surface area contributed by atoms with Gasteiger partial charge in [-0.1, -0.05) is 26.8 Å². The standard InChI is InChI=1S/C16H21N3O2S/c1-4-12(17-16-18-15(10(2)3)19-22-16)11-5-6-13-14(9-11)21-8-7-20-13/h5-6,9-10,12H,4,7-8H2,1-3H3,(H,17,18,19). The van der Waals surface area contributed by atoms with Crippen LogP contribution in [0.4, 0.5) is 5.13 Å². The lowest BCUT2D eigenvalue weighted by Crippen LogP contribution is -2.16. The van der Waals surface area contributed by atoms with Crippen molar-refractivity contribution in [2.45, 2.75) is 39.2 Å². The molecule has 2 aromatic rings. The maximum absolute atomic E-state index is 5.67. The lowest BCUT2D eigenvalue weighted by atomic mass is 10.0. The van der Waals surface area contributed by atoms with Crippen LogP contribution in [0.5, 0.6) is 11.5 Å². The summed E-state index contributed by atoms with van der Waals surface area (Å²) in [6, 6.07) is 6.30. The van der Waals surface area contributed by atoms with E-state index in [1.807, 2.05) is 6.07 Å². The zero-order valence-corrected chi connectivity index (χ0v) is 13.9. The maximum Gasteiger partial charge on any atom is 0.203 e. The van der Waals surface area contributed by atoms with Crippen LogP contribution in [0.15, 0.2) is 18.2 Å². The minimum atomic E-state index is 0.184. The molecule has 118 valence electrons. The van der Waals surface area contributed by atoms with E-state index in [1.165, 1.54) is 17.1 Å². The van der Waals surface area contributed by atoms with Crippen molar-refractivity contribution in [3.63, 3.8) is 0 Å². The summed E-state index contributed by atoms with van der Waals surface area (Å²) in [5.41, 5.74) is 1.17. The molecule has 1 aliphatic heterocycles. The van der Waals surface area contributed by atoms with E-state index in [4.69, 9.17) is 9.47 Å². The molecule has 22 heavy (non-hydrogen) atoms. The van der Waals surface area contributed by atoms with Crippen LogP contribution in [-0.4, -0.2) is 22.6 Å². The minimum Gasteiger partial charge on any atom is -0.486 e. The van der Waals surface area contributed by atoms with Gasteiger partial charge in [0.1, 0.15) is 19.0 Å². The molecule has 1 N–H and O–H groups in total. The third-order valence-corrected chi connectivity index (χ3v) is 4.29. The summed E-state index contributed by atoms with van der Waals surface area (Å²) in [5, 5.41) is 4.34. The van der Waals surface area contributed by atoms with Crippen LogP contribution < -0.4 is 14.8 Å². The van der Waals surface area contributed by atoms with Gasteiger partial charge in [-0.2, -0.15) is 4.37 Å². The second-order valence-corrected chi connectivity index (χ2v) is 6.37. The Hall–Kier alpha value is -1.82. The summed E-state index contributed by atoms with van der Waals surface area (Å²) in [5.74, 6) is 2.89. The van der Waals surface area contributed by atoms with Crippen LogP contribution in [0.1, 0.15) is 50.5 Å². The van der Waals surface area contributed by atoms with Crippen molar-refractivity contribution in [3.8, 4) is 11.5 Å². The second kappa shape index (κ2) is 6.52. The molecule has 0 fully saturated rings. The van der Waals surface area contributed by atoms with Crippen LogP contribution in [0.2, 0.25) is 0 Å². The van der Waals surface area contributed by atoms with E-state index < -0.39 is 0 Å². The highest BCUT2D eigenvalue weighted by atomic mass is 32.1. The van der Waals surface area contributed by atoms with Crippen LogP contribution in [0.3, 0.4) is 0 Å². The largest absolute Gasteiger partial charge is 0.486 e. The molecule has 0 bridgehead atoms. The number of aromatic nitrogens is 2. The fourth-order valence-electron chi connectivity index (χ4n) is 2.37. The molecule has 2 heterocycles. The Morgan fingerprint density at radius 1 is 1.23 bits per heavy atom. The predicted molar refractivity (Wildman–Crippen MR) is 88.1 cm³/mol. The van der Waals surface area contributed by atoms with Crippen molar-refractivity contribution in [2.75, 3.05) is 18.5 Å². The minimum absolute atomic E-state index is 0.184. The lowest BCUT2D eigenvalue weighted by molar-refractivity contribution is 0.171. The normalized spacial score (nSPS) is 14.9. The zero-order chi connectivity index (χ0) is 15.5. The number of fused-ring (bicyclic) bond motifs is 1. The molecule has 5 nitrogen and oxygen atoms in total. The lowest BCUT2D eigenvalue weighted by Gasteiger charge is -2.22. The van der Waals surface area contributed by atoms with Gasteiger partial charge in [0.2, 0.25) is 5.13 Å². The molecule has 0 saturated heterocycles. The fraction of sp³-hybridized carbons (Fsp3) is 0.500. The SMILES string of the molecule is CCC(Nc1nc(C(C)C)ns1)c1ccc2c(c1)OCCO2. The highest BCUT2D eigenvalue weighted by molar-refractivity contribution is 7.09. The molecular weight excluding hydrogens is 298 g/mol. The quantitative estimate of drug-likeness (QED) is 0.903. The van der Waals surface area contributed by atoms with Crippen molar-refractivity contribution in [2.24, 2.45) is 0 Å². The summed E-state index contributed by atoms with van der Waals surface area (Å²) in [6.07, 6.45) is 0.955. The summed E-state index contributed by atoms with van der Waals surface area (Å²) < 4.78 is 15.6. The summed E-state index contributed by atoms with van der Waals surface area (Å²) in [7, 11) is 0. The molecule has 1 aromatic heterocycles. The van der Waals surface area contributed by atoms with Crippen molar-refractivity contribution in [1.82, 2.24) is 9.36 Å². The Morgan fingerprint density at radius 2 is 2.00 bits per heavy atom. The van der Waals surface area contributed by atoms with Gasteiger partial charge < -0.3 is 14.8 Å². The fourth-order valence-corrected chi connectivity index (χ4v) is 3.14. The second-order valence-electron chi connectivity index (χ2n) is 5.62. The Kier molecular flexibility index (Phi) is 4.47. The maximum atomic E-state index is 5.67. The summed E-state index contributed by atoms with van der Waals surface area (Å²) in [6.45, 7) is 7.58. The molecule has 1 unspecified atom stereocenters. The molecule has 6 heteroatoms. The number of hydrogen-bond donors (Lipinski definition) is 1. The Bertz CT molecular complexity index is 642. The van der Waals surface area contributed by atoms with Gasteiger partial charge in [0.25, 0.3) is 0 Å². The van der Waals surface area contributed by atoms with Crippen molar-refractivity contribution in [3.05, 3.63) is 29.6 Å². The van der Waals surface area contributed by atoms with Crippen LogP contribution >= 0.6 is 11.5 Å². The number of nitrogens with zero attached hydrogens (tertiary/aromatic N) is 2. The van der Waals surface area contributed by atoms with Gasteiger partial charge in [-0.05, 0) is 24.1 Å². The highest BCUT2D eigenvalue weighted by Gasteiger charge is 2.17. The first-order chi connectivity index (χ1) is 10.7. The van der Waals surface area contributed by atoms with E-state index in [2.05, 4.69) is 47.6 Å². The van der Waals surface area contributed by atoms with E-state index in [0.717, 1.165) is 28.9 Å². The molecule has 0 saturated carbocycles. The van der Waals surface area contributed by atoms with Crippen molar-refractivity contribution in [1.29, 1.82) is 0 Å². The summed E-state index contributed by atoms with van der Waals surface area (Å²) >= 11 is 1.42. The first-order valence-electron chi connectivity index (χ1n) is 7.67. The molecule has 0 aliphatic carbocycles. The molecule has 1 aromatic carbocycles. The monoisotopic (exact) mass is 319 g/mol. The van der Waals surface area contributed by atoms with Gasteiger partial charge in [-0.15, -0.1) is 0 Å². The topological polar surface area (TPSA) is 56.3 Å². The van der Waals surface area contributed by atoms with E-state index in [9.17, 15) is 0 Å². The van der Waals surface area contributed by atoms with E-state index in [-0.39, 0.29) is 6.04 Å². The molecule has 0 radical (unpaired) electrons. The molecular formula is C16H21N3O2S. The Labute approximate surface area is 134 Å². The predicted octanol–water partition coefficient (Wildman–Crippen LogP) is 4.00. The van der Waals surface area contributed by atoms with Crippen LogP contribution in [-0.2, 0) is 0 Å². The first-order valence-corrected chi connectivity index (χ1v) is 8.44. The number of rotatable bonds is 5.